The summed E-state index contributed by atoms with van der Waals surface area (Å²) >= 11 is 0. The van der Waals surface area contributed by atoms with Gasteiger partial charge in [-0.05, 0) is 49.8 Å². The van der Waals surface area contributed by atoms with E-state index < -0.39 is 0 Å². The quantitative estimate of drug-likeness (QED) is 0.663. The van der Waals surface area contributed by atoms with Gasteiger partial charge < -0.3 is 24.6 Å². The zero-order valence-corrected chi connectivity index (χ0v) is 18.8. The maximum absolute atomic E-state index is 13.0. The highest BCUT2D eigenvalue weighted by atomic mass is 16.5. The third-order valence-corrected chi connectivity index (χ3v) is 6.27. The predicted molar refractivity (Wildman–Crippen MR) is 120 cm³/mol. The van der Waals surface area contributed by atoms with Gasteiger partial charge >= 0.3 is 6.03 Å². The molecule has 0 bridgehead atoms. The summed E-state index contributed by atoms with van der Waals surface area (Å²) in [4.78, 5) is 29.1. The van der Waals surface area contributed by atoms with Crippen LogP contribution in [0.15, 0.2) is 24.5 Å². The first kappa shape index (κ1) is 22.5. The monoisotopic (exact) mass is 443 g/mol. The Hall–Kier alpha value is -2.65. The van der Waals surface area contributed by atoms with Gasteiger partial charge in [0, 0.05) is 52.1 Å². The molecule has 2 saturated heterocycles. The van der Waals surface area contributed by atoms with Crippen LogP contribution in [-0.2, 0) is 9.47 Å². The number of carbonyl (C=O) groups is 2. The summed E-state index contributed by atoms with van der Waals surface area (Å²) in [5.74, 6) is 0.375. The third kappa shape index (κ3) is 5.21. The summed E-state index contributed by atoms with van der Waals surface area (Å²) in [6.07, 6.45) is 6.23. The van der Waals surface area contributed by atoms with Crippen LogP contribution in [0.1, 0.15) is 48.0 Å². The smallest absolute Gasteiger partial charge is 0.317 e. The van der Waals surface area contributed by atoms with Crippen molar-refractivity contribution in [1.29, 1.82) is 0 Å². The number of piperidine rings is 1. The number of rotatable bonds is 7. The third-order valence-electron chi connectivity index (χ3n) is 6.27. The Kier molecular flexibility index (Phi) is 7.59. The number of ether oxygens (including phenoxy) is 2. The molecule has 4 heterocycles. The van der Waals surface area contributed by atoms with Gasteiger partial charge in [-0.2, -0.15) is 5.10 Å². The molecule has 2 aromatic rings. The first-order chi connectivity index (χ1) is 15.7. The second kappa shape index (κ2) is 10.8. The molecule has 0 aliphatic carbocycles. The molecule has 0 unspecified atom stereocenters. The Morgan fingerprint density at radius 3 is 2.72 bits per heavy atom. The van der Waals surface area contributed by atoms with Gasteiger partial charge in [0.05, 0.1) is 30.5 Å². The summed E-state index contributed by atoms with van der Waals surface area (Å²) in [5, 5.41) is 7.35. The Balaban J connectivity index is 1.35. The van der Waals surface area contributed by atoms with Crippen molar-refractivity contribution in [3.63, 3.8) is 0 Å². The van der Waals surface area contributed by atoms with Crippen LogP contribution in [0, 0.1) is 0 Å². The van der Waals surface area contributed by atoms with Crippen molar-refractivity contribution in [1.82, 2.24) is 24.7 Å². The molecule has 0 spiro atoms. The molecule has 0 saturated carbocycles. The SMILES string of the molecule is CCOCCCNC(=O)N1CCC(c2ccn3ncc(C(=O)N4CCOCC4)c3c2)CC1. The van der Waals surface area contributed by atoms with E-state index in [0.717, 1.165) is 37.9 Å². The van der Waals surface area contributed by atoms with Crippen LogP contribution >= 0.6 is 0 Å². The number of hydrogen-bond donors (Lipinski definition) is 1. The van der Waals surface area contributed by atoms with Crippen LogP contribution in [0.3, 0.4) is 0 Å². The number of likely N-dealkylation sites (tertiary alicyclic amines) is 1. The highest BCUT2D eigenvalue weighted by Gasteiger charge is 2.26. The Bertz CT molecular complexity index is 916. The number of morpholine rings is 1. The number of urea groups is 1. The molecule has 0 aromatic carbocycles. The largest absolute Gasteiger partial charge is 0.382 e. The normalized spacial score (nSPS) is 17.7. The van der Waals surface area contributed by atoms with Gasteiger partial charge in [-0.25, -0.2) is 9.31 Å². The fraction of sp³-hybridized carbons (Fsp3) is 0.609. The molecule has 2 aliphatic rings. The highest BCUT2D eigenvalue weighted by molar-refractivity contribution is 6.00. The van der Waals surface area contributed by atoms with Gasteiger partial charge in [-0.15, -0.1) is 0 Å². The number of nitrogens with zero attached hydrogens (tertiary/aromatic N) is 4. The number of fused-ring (bicyclic) bond motifs is 1. The maximum atomic E-state index is 13.0. The predicted octanol–water partition coefficient (Wildman–Crippen LogP) is 2.12. The molecule has 1 N–H and O–H groups in total. The van der Waals surface area contributed by atoms with E-state index in [0.29, 0.717) is 57.5 Å². The molecular formula is C23H33N5O4. The van der Waals surface area contributed by atoms with Crippen LogP contribution in [-0.4, -0.2) is 90.5 Å². The highest BCUT2D eigenvalue weighted by Crippen LogP contribution is 2.29. The topological polar surface area (TPSA) is 88.4 Å². The molecule has 4 rings (SSSR count). The van der Waals surface area contributed by atoms with Crippen molar-refractivity contribution < 1.29 is 19.1 Å². The van der Waals surface area contributed by atoms with Crippen molar-refractivity contribution >= 4 is 17.5 Å². The zero-order valence-electron chi connectivity index (χ0n) is 18.8. The summed E-state index contributed by atoms with van der Waals surface area (Å²) < 4.78 is 12.4. The maximum Gasteiger partial charge on any atom is 0.317 e. The molecule has 2 aromatic heterocycles. The van der Waals surface area contributed by atoms with E-state index in [2.05, 4.69) is 22.5 Å². The van der Waals surface area contributed by atoms with Gasteiger partial charge in [-0.1, -0.05) is 0 Å². The minimum atomic E-state index is 0.00425. The van der Waals surface area contributed by atoms with Gasteiger partial charge in [0.1, 0.15) is 0 Å². The van der Waals surface area contributed by atoms with Gasteiger partial charge in [0.15, 0.2) is 0 Å². The van der Waals surface area contributed by atoms with Crippen molar-refractivity contribution in [2.45, 2.75) is 32.1 Å². The average molecular weight is 444 g/mol. The number of nitrogens with one attached hydrogen (secondary N) is 1. The van der Waals surface area contributed by atoms with Crippen LogP contribution in [0.2, 0.25) is 0 Å². The number of pyridine rings is 1. The summed E-state index contributed by atoms with van der Waals surface area (Å²) in [5.41, 5.74) is 2.68. The van der Waals surface area contributed by atoms with Crippen LogP contribution < -0.4 is 5.32 Å². The lowest BCUT2D eigenvalue weighted by Gasteiger charge is -2.32. The van der Waals surface area contributed by atoms with E-state index in [4.69, 9.17) is 9.47 Å². The number of aromatic nitrogens is 2. The minimum Gasteiger partial charge on any atom is -0.382 e. The van der Waals surface area contributed by atoms with Crippen molar-refractivity contribution in [2.75, 3.05) is 59.2 Å². The van der Waals surface area contributed by atoms with Crippen LogP contribution in [0.4, 0.5) is 4.79 Å². The second-order valence-electron chi connectivity index (χ2n) is 8.30. The molecule has 0 radical (unpaired) electrons. The Morgan fingerprint density at radius 1 is 1.19 bits per heavy atom. The fourth-order valence-corrected chi connectivity index (χ4v) is 4.39. The van der Waals surface area contributed by atoms with Crippen LogP contribution in [0.5, 0.6) is 0 Å². The molecule has 2 fully saturated rings. The number of carbonyl (C=O) groups excluding carboxylic acids is 2. The van der Waals surface area contributed by atoms with E-state index in [1.165, 1.54) is 5.56 Å². The van der Waals surface area contributed by atoms with E-state index in [9.17, 15) is 9.59 Å². The molecular weight excluding hydrogens is 410 g/mol. The van der Waals surface area contributed by atoms with E-state index in [1.54, 1.807) is 10.7 Å². The molecule has 2 aliphatic heterocycles. The van der Waals surface area contributed by atoms with E-state index >= 15 is 0 Å². The lowest BCUT2D eigenvalue weighted by atomic mass is 9.89. The fourth-order valence-electron chi connectivity index (χ4n) is 4.39. The molecule has 174 valence electrons. The standard InChI is InChI=1S/C23H33N5O4/c1-2-31-13-3-7-24-23(30)27-8-4-18(5-9-27)19-6-10-28-21(16-19)20(17-25-28)22(29)26-11-14-32-15-12-26/h6,10,16-18H,2-5,7-9,11-15H2,1H3,(H,24,30). The van der Waals surface area contributed by atoms with E-state index in [1.807, 2.05) is 22.9 Å². The summed E-state index contributed by atoms with van der Waals surface area (Å²) in [6, 6.07) is 4.18. The summed E-state index contributed by atoms with van der Waals surface area (Å²) in [6.45, 7) is 7.82. The average Bonchev–Trinajstić information content (AvgIpc) is 3.27. The first-order valence-corrected chi connectivity index (χ1v) is 11.6. The van der Waals surface area contributed by atoms with Crippen molar-refractivity contribution in [3.8, 4) is 0 Å². The number of hydrogen-bond acceptors (Lipinski definition) is 5. The molecule has 3 amide bonds. The molecule has 9 nitrogen and oxygen atoms in total. The van der Waals surface area contributed by atoms with Crippen LogP contribution in [0.25, 0.3) is 5.52 Å². The van der Waals surface area contributed by atoms with Crippen molar-refractivity contribution in [2.24, 2.45) is 0 Å². The first-order valence-electron chi connectivity index (χ1n) is 11.6. The van der Waals surface area contributed by atoms with Gasteiger partial charge in [0.25, 0.3) is 5.91 Å². The van der Waals surface area contributed by atoms with Gasteiger partial charge in [-0.3, -0.25) is 4.79 Å². The van der Waals surface area contributed by atoms with Crippen molar-refractivity contribution in [3.05, 3.63) is 35.7 Å². The lowest BCUT2D eigenvalue weighted by Crippen LogP contribution is -2.44. The molecule has 32 heavy (non-hydrogen) atoms. The van der Waals surface area contributed by atoms with E-state index in [-0.39, 0.29) is 11.9 Å². The molecule has 0 atom stereocenters. The lowest BCUT2D eigenvalue weighted by molar-refractivity contribution is 0.0304. The Morgan fingerprint density at radius 2 is 1.97 bits per heavy atom. The summed E-state index contributed by atoms with van der Waals surface area (Å²) in [7, 11) is 0. The molecule has 9 heteroatoms. The second-order valence-corrected chi connectivity index (χ2v) is 8.30. The Labute approximate surface area is 188 Å². The number of amides is 3. The van der Waals surface area contributed by atoms with Gasteiger partial charge in [0.2, 0.25) is 0 Å². The zero-order chi connectivity index (χ0) is 22.3. The minimum absolute atomic E-state index is 0.00425.